The van der Waals surface area contributed by atoms with Crippen molar-refractivity contribution in [2.45, 2.75) is 6.42 Å². The maximum atomic E-state index is 12.4. The SMILES string of the molecule is COCCNC(=O)c1cc(Cc2ccc(-c3cncs3)cc2)c2sccc2n1. The topological polar surface area (TPSA) is 64.1 Å². The number of benzene rings is 1. The third-order valence-electron chi connectivity index (χ3n) is 4.38. The molecule has 7 heteroatoms. The maximum Gasteiger partial charge on any atom is 0.269 e. The predicted molar refractivity (Wildman–Crippen MR) is 114 cm³/mol. The predicted octanol–water partition coefficient (Wildman–Crippen LogP) is 4.39. The number of thiophene rings is 1. The Morgan fingerprint density at radius 3 is 2.79 bits per heavy atom. The highest BCUT2D eigenvalue weighted by atomic mass is 32.1. The van der Waals surface area contributed by atoms with Gasteiger partial charge in [0.2, 0.25) is 0 Å². The molecular formula is C21H19N3O2S2. The fraction of sp³-hybridized carbons (Fsp3) is 0.190. The second-order valence-electron chi connectivity index (χ2n) is 6.29. The highest BCUT2D eigenvalue weighted by Gasteiger charge is 2.13. The molecule has 0 saturated heterocycles. The van der Waals surface area contributed by atoms with E-state index in [0.29, 0.717) is 18.8 Å². The molecule has 0 radical (unpaired) electrons. The number of hydrogen-bond acceptors (Lipinski definition) is 6. The number of ether oxygens (including phenoxy) is 1. The molecule has 0 bridgehead atoms. The zero-order valence-corrected chi connectivity index (χ0v) is 17.0. The minimum Gasteiger partial charge on any atom is -0.383 e. The molecule has 0 spiro atoms. The summed E-state index contributed by atoms with van der Waals surface area (Å²) in [6.45, 7) is 0.943. The second-order valence-corrected chi connectivity index (χ2v) is 8.09. The normalized spacial score (nSPS) is 11.0. The molecule has 0 unspecified atom stereocenters. The van der Waals surface area contributed by atoms with Crippen molar-refractivity contribution < 1.29 is 9.53 Å². The van der Waals surface area contributed by atoms with E-state index in [0.717, 1.165) is 27.1 Å². The number of carbonyl (C=O) groups excluding carboxylic acids is 1. The van der Waals surface area contributed by atoms with Crippen LogP contribution in [0.4, 0.5) is 0 Å². The molecule has 0 aliphatic carbocycles. The van der Waals surface area contributed by atoms with Crippen LogP contribution in [-0.2, 0) is 11.2 Å². The number of rotatable bonds is 7. The van der Waals surface area contributed by atoms with Crippen LogP contribution in [0, 0.1) is 0 Å². The van der Waals surface area contributed by atoms with Gasteiger partial charge >= 0.3 is 0 Å². The van der Waals surface area contributed by atoms with E-state index in [1.54, 1.807) is 29.8 Å². The van der Waals surface area contributed by atoms with Crippen molar-refractivity contribution in [1.82, 2.24) is 15.3 Å². The van der Waals surface area contributed by atoms with Gasteiger partial charge in [0, 0.05) is 19.9 Å². The van der Waals surface area contributed by atoms with E-state index in [2.05, 4.69) is 39.6 Å². The molecule has 0 aliphatic rings. The number of nitrogens with one attached hydrogen (secondary N) is 1. The summed E-state index contributed by atoms with van der Waals surface area (Å²) in [5.74, 6) is -0.174. The minimum atomic E-state index is -0.174. The van der Waals surface area contributed by atoms with Gasteiger partial charge in [0.05, 0.1) is 27.2 Å². The van der Waals surface area contributed by atoms with Crippen molar-refractivity contribution in [3.05, 3.63) is 70.3 Å². The van der Waals surface area contributed by atoms with E-state index in [1.165, 1.54) is 11.1 Å². The molecule has 1 N–H and O–H groups in total. The molecule has 5 nitrogen and oxygen atoms in total. The van der Waals surface area contributed by atoms with E-state index in [1.807, 2.05) is 29.2 Å². The van der Waals surface area contributed by atoms with Crippen LogP contribution in [0.1, 0.15) is 21.6 Å². The smallest absolute Gasteiger partial charge is 0.269 e. The third kappa shape index (κ3) is 4.11. The first-order chi connectivity index (χ1) is 13.7. The van der Waals surface area contributed by atoms with Crippen LogP contribution in [0.5, 0.6) is 0 Å². The molecule has 1 amide bonds. The van der Waals surface area contributed by atoms with Crippen LogP contribution >= 0.6 is 22.7 Å². The number of thiazole rings is 1. The molecule has 3 aromatic heterocycles. The van der Waals surface area contributed by atoms with Gasteiger partial charge in [-0.3, -0.25) is 9.78 Å². The lowest BCUT2D eigenvalue weighted by molar-refractivity contribution is 0.0932. The van der Waals surface area contributed by atoms with Crippen LogP contribution in [0.15, 0.2) is 53.5 Å². The fourth-order valence-electron chi connectivity index (χ4n) is 2.99. The fourth-order valence-corrected chi connectivity index (χ4v) is 4.47. The van der Waals surface area contributed by atoms with Crippen molar-refractivity contribution in [1.29, 1.82) is 0 Å². The van der Waals surface area contributed by atoms with Gasteiger partial charge in [0.25, 0.3) is 5.91 Å². The Morgan fingerprint density at radius 2 is 2.04 bits per heavy atom. The quantitative estimate of drug-likeness (QED) is 0.460. The molecule has 4 rings (SSSR count). The Labute approximate surface area is 171 Å². The molecule has 0 atom stereocenters. The Kier molecular flexibility index (Phi) is 5.76. The third-order valence-corrected chi connectivity index (χ3v) is 6.18. The number of aromatic nitrogens is 2. The molecular weight excluding hydrogens is 390 g/mol. The molecule has 4 aromatic rings. The zero-order valence-electron chi connectivity index (χ0n) is 15.3. The molecule has 0 fully saturated rings. The average Bonchev–Trinajstić information content (AvgIpc) is 3.40. The number of carbonyl (C=O) groups is 1. The van der Waals surface area contributed by atoms with Gasteiger partial charge in [0.1, 0.15) is 5.69 Å². The van der Waals surface area contributed by atoms with Gasteiger partial charge in [-0.2, -0.15) is 0 Å². The lowest BCUT2D eigenvalue weighted by Gasteiger charge is -2.09. The van der Waals surface area contributed by atoms with Crippen LogP contribution in [0.25, 0.3) is 20.7 Å². The van der Waals surface area contributed by atoms with Crippen molar-refractivity contribution in [2.75, 3.05) is 20.3 Å². The van der Waals surface area contributed by atoms with Crippen LogP contribution in [0.3, 0.4) is 0 Å². The molecule has 0 saturated carbocycles. The minimum absolute atomic E-state index is 0.174. The first-order valence-electron chi connectivity index (χ1n) is 8.86. The van der Waals surface area contributed by atoms with Crippen LogP contribution in [-0.4, -0.2) is 36.1 Å². The summed E-state index contributed by atoms with van der Waals surface area (Å²) in [6.07, 6.45) is 2.63. The monoisotopic (exact) mass is 409 g/mol. The van der Waals surface area contributed by atoms with Gasteiger partial charge in [-0.1, -0.05) is 24.3 Å². The summed E-state index contributed by atoms with van der Waals surface area (Å²) >= 11 is 3.29. The summed E-state index contributed by atoms with van der Waals surface area (Å²) in [4.78, 5) is 22.2. The molecule has 3 heterocycles. The molecule has 1 aromatic carbocycles. The van der Waals surface area contributed by atoms with Gasteiger partial charge in [-0.05, 0) is 40.6 Å². The first-order valence-corrected chi connectivity index (χ1v) is 10.6. The number of fused-ring (bicyclic) bond motifs is 1. The van der Waals surface area contributed by atoms with Crippen LogP contribution < -0.4 is 5.32 Å². The van der Waals surface area contributed by atoms with Gasteiger partial charge < -0.3 is 10.1 Å². The standard InChI is InChI=1S/C21H19N3O2S2/c1-26-8-7-23-21(25)18-11-16(20-17(24-18)6-9-27-20)10-14-2-4-15(5-3-14)19-12-22-13-28-19/h2-6,9,11-13H,7-8,10H2,1H3,(H,23,25). The van der Waals surface area contributed by atoms with Crippen molar-refractivity contribution in [2.24, 2.45) is 0 Å². The Morgan fingerprint density at radius 1 is 1.18 bits per heavy atom. The number of amides is 1. The molecule has 142 valence electrons. The summed E-state index contributed by atoms with van der Waals surface area (Å²) in [5.41, 5.74) is 6.62. The van der Waals surface area contributed by atoms with E-state index in [9.17, 15) is 4.79 Å². The number of nitrogens with zero attached hydrogens (tertiary/aromatic N) is 2. The molecule has 28 heavy (non-hydrogen) atoms. The molecule has 0 aliphatic heterocycles. The van der Waals surface area contributed by atoms with Crippen molar-refractivity contribution >= 4 is 38.8 Å². The second kappa shape index (κ2) is 8.60. The summed E-state index contributed by atoms with van der Waals surface area (Å²) in [7, 11) is 1.61. The lowest BCUT2D eigenvalue weighted by Crippen LogP contribution is -2.27. The summed E-state index contributed by atoms with van der Waals surface area (Å²) < 4.78 is 6.11. The average molecular weight is 410 g/mol. The van der Waals surface area contributed by atoms with E-state index in [4.69, 9.17) is 4.74 Å². The maximum absolute atomic E-state index is 12.4. The van der Waals surface area contributed by atoms with Gasteiger partial charge in [0.15, 0.2) is 0 Å². The Bertz CT molecular complexity index is 1070. The van der Waals surface area contributed by atoms with E-state index < -0.39 is 0 Å². The van der Waals surface area contributed by atoms with Gasteiger partial charge in [-0.25, -0.2) is 4.98 Å². The van der Waals surface area contributed by atoms with E-state index >= 15 is 0 Å². The van der Waals surface area contributed by atoms with Gasteiger partial charge in [-0.15, -0.1) is 22.7 Å². The van der Waals surface area contributed by atoms with Crippen molar-refractivity contribution in [3.8, 4) is 10.4 Å². The summed E-state index contributed by atoms with van der Waals surface area (Å²) in [5, 5.41) is 4.86. The number of pyridine rings is 1. The van der Waals surface area contributed by atoms with Crippen LogP contribution in [0.2, 0.25) is 0 Å². The first kappa shape index (κ1) is 18.7. The Hall–Kier alpha value is -2.61. The van der Waals surface area contributed by atoms with Crippen molar-refractivity contribution in [3.63, 3.8) is 0 Å². The highest BCUT2D eigenvalue weighted by Crippen LogP contribution is 2.28. The number of methoxy groups -OCH3 is 1. The number of hydrogen-bond donors (Lipinski definition) is 1. The zero-order chi connectivity index (χ0) is 19.3. The lowest BCUT2D eigenvalue weighted by atomic mass is 10.0. The summed E-state index contributed by atoms with van der Waals surface area (Å²) in [6, 6.07) is 12.4. The Balaban J connectivity index is 1.59. The van der Waals surface area contributed by atoms with E-state index in [-0.39, 0.29) is 5.91 Å². The largest absolute Gasteiger partial charge is 0.383 e. The highest BCUT2D eigenvalue weighted by molar-refractivity contribution is 7.17.